The van der Waals surface area contributed by atoms with Crippen LogP contribution in [0.3, 0.4) is 0 Å². The van der Waals surface area contributed by atoms with Gasteiger partial charge in [-0.15, -0.1) is 12.6 Å². The van der Waals surface area contributed by atoms with Crippen LogP contribution in [0.1, 0.15) is 32.9 Å². The van der Waals surface area contributed by atoms with E-state index < -0.39 is 0 Å². The predicted octanol–water partition coefficient (Wildman–Crippen LogP) is 2.81. The molecule has 1 rings (SSSR count). The summed E-state index contributed by atoms with van der Waals surface area (Å²) in [5, 5.41) is 0.674. The van der Waals surface area contributed by atoms with E-state index in [0.29, 0.717) is 15.8 Å². The highest BCUT2D eigenvalue weighted by Gasteiger charge is 2.12. The summed E-state index contributed by atoms with van der Waals surface area (Å²) in [4.78, 5) is 17.3. The molecular formula is C13H19N3OS2. The lowest BCUT2D eigenvalue weighted by Gasteiger charge is -2.14. The molecular weight excluding hydrogens is 278 g/mol. The number of allylic oxidation sites excluding steroid dienone is 2. The summed E-state index contributed by atoms with van der Waals surface area (Å²) in [6.07, 6.45) is 4.05. The van der Waals surface area contributed by atoms with E-state index in [1.807, 2.05) is 26.8 Å². The lowest BCUT2D eigenvalue weighted by atomic mass is 10.3. The standard InChI is InChI=1S/C13H19N3OS2/c1-4-9(5-2)16-12(17)7-10(11(18)8-14)15-13(16)19-6-3/h4,7-8,18H,5-6,14H2,1-3H3/b9-4+,11-8-. The van der Waals surface area contributed by atoms with Gasteiger partial charge in [-0.05, 0) is 19.1 Å². The molecule has 0 aliphatic carbocycles. The van der Waals surface area contributed by atoms with Crippen LogP contribution in [-0.4, -0.2) is 15.3 Å². The van der Waals surface area contributed by atoms with Gasteiger partial charge in [0.05, 0.1) is 5.69 Å². The van der Waals surface area contributed by atoms with Gasteiger partial charge >= 0.3 is 0 Å². The quantitative estimate of drug-likeness (QED) is 0.498. The Kier molecular flexibility index (Phi) is 6.24. The molecule has 0 bridgehead atoms. The summed E-state index contributed by atoms with van der Waals surface area (Å²) in [7, 11) is 0. The number of rotatable bonds is 5. The highest BCUT2D eigenvalue weighted by molar-refractivity contribution is 7.99. The molecule has 0 saturated carbocycles. The van der Waals surface area contributed by atoms with Gasteiger partial charge in [0.25, 0.3) is 5.56 Å². The normalized spacial score (nSPS) is 12.8. The molecule has 0 saturated heterocycles. The largest absolute Gasteiger partial charge is 0.404 e. The predicted molar refractivity (Wildman–Crippen MR) is 86.3 cm³/mol. The van der Waals surface area contributed by atoms with Crippen molar-refractivity contribution in [3.05, 3.63) is 34.4 Å². The Morgan fingerprint density at radius 2 is 2.26 bits per heavy atom. The van der Waals surface area contributed by atoms with Gasteiger partial charge in [0.2, 0.25) is 0 Å². The summed E-state index contributed by atoms with van der Waals surface area (Å²) in [5.41, 5.74) is 6.77. The zero-order valence-electron chi connectivity index (χ0n) is 11.4. The molecule has 0 spiro atoms. The first-order valence-corrected chi connectivity index (χ1v) is 7.55. The first-order chi connectivity index (χ1) is 9.08. The fraction of sp³-hybridized carbons (Fsp3) is 0.385. The van der Waals surface area contributed by atoms with E-state index in [1.54, 1.807) is 4.57 Å². The number of hydrogen-bond acceptors (Lipinski definition) is 5. The van der Waals surface area contributed by atoms with Crippen molar-refractivity contribution in [1.82, 2.24) is 9.55 Å². The maximum atomic E-state index is 12.3. The van der Waals surface area contributed by atoms with E-state index in [2.05, 4.69) is 17.6 Å². The van der Waals surface area contributed by atoms with Crippen LogP contribution in [0.25, 0.3) is 10.6 Å². The topological polar surface area (TPSA) is 60.9 Å². The smallest absolute Gasteiger partial charge is 0.259 e. The van der Waals surface area contributed by atoms with Crippen LogP contribution < -0.4 is 11.3 Å². The van der Waals surface area contributed by atoms with Gasteiger partial charge in [-0.1, -0.05) is 31.7 Å². The first-order valence-electron chi connectivity index (χ1n) is 6.12. The summed E-state index contributed by atoms with van der Waals surface area (Å²) < 4.78 is 1.65. The Bertz CT molecular complexity index is 561. The van der Waals surface area contributed by atoms with Crippen LogP contribution in [0.15, 0.2) is 28.3 Å². The van der Waals surface area contributed by atoms with Gasteiger partial charge in [-0.2, -0.15) is 0 Å². The van der Waals surface area contributed by atoms with Gasteiger partial charge in [0.1, 0.15) is 0 Å². The second-order valence-electron chi connectivity index (χ2n) is 3.72. The van der Waals surface area contributed by atoms with Crippen molar-refractivity contribution in [1.29, 1.82) is 0 Å². The Balaban J connectivity index is 3.52. The van der Waals surface area contributed by atoms with E-state index in [-0.39, 0.29) is 5.56 Å². The minimum absolute atomic E-state index is 0.107. The minimum atomic E-state index is -0.107. The van der Waals surface area contributed by atoms with Crippen molar-refractivity contribution >= 4 is 35.0 Å². The molecule has 0 aliphatic heterocycles. The third kappa shape index (κ3) is 3.67. The Hall–Kier alpha value is -1.14. The average Bonchev–Trinajstić information content (AvgIpc) is 2.41. The third-order valence-corrected chi connectivity index (χ3v) is 3.76. The molecule has 4 nitrogen and oxygen atoms in total. The van der Waals surface area contributed by atoms with Crippen LogP contribution in [0.2, 0.25) is 0 Å². The van der Waals surface area contributed by atoms with E-state index in [4.69, 9.17) is 5.73 Å². The Morgan fingerprint density at radius 3 is 2.74 bits per heavy atom. The van der Waals surface area contributed by atoms with E-state index in [9.17, 15) is 4.79 Å². The second kappa shape index (κ2) is 7.45. The summed E-state index contributed by atoms with van der Waals surface area (Å²) in [5.74, 6) is 0.838. The van der Waals surface area contributed by atoms with Gasteiger partial charge in [-0.25, -0.2) is 4.98 Å². The van der Waals surface area contributed by atoms with Crippen LogP contribution in [0.4, 0.5) is 0 Å². The molecule has 1 aromatic rings. The minimum Gasteiger partial charge on any atom is -0.404 e. The number of nitrogens with two attached hydrogens (primary N) is 1. The van der Waals surface area contributed by atoms with Crippen molar-refractivity contribution in [2.75, 3.05) is 5.75 Å². The Labute approximate surface area is 123 Å². The monoisotopic (exact) mass is 297 g/mol. The second-order valence-corrected chi connectivity index (χ2v) is 5.43. The molecule has 0 unspecified atom stereocenters. The lowest BCUT2D eigenvalue weighted by Crippen LogP contribution is -2.22. The van der Waals surface area contributed by atoms with Gasteiger partial charge in [0, 0.05) is 22.9 Å². The molecule has 19 heavy (non-hydrogen) atoms. The molecule has 0 fully saturated rings. The number of thioether (sulfide) groups is 1. The number of nitrogens with zero attached hydrogens (tertiary/aromatic N) is 2. The zero-order chi connectivity index (χ0) is 14.4. The van der Waals surface area contributed by atoms with Crippen molar-refractivity contribution < 1.29 is 0 Å². The highest BCUT2D eigenvalue weighted by atomic mass is 32.2. The van der Waals surface area contributed by atoms with E-state index >= 15 is 0 Å². The number of aromatic nitrogens is 2. The maximum Gasteiger partial charge on any atom is 0.259 e. The zero-order valence-corrected chi connectivity index (χ0v) is 13.1. The number of thiol groups is 1. The maximum absolute atomic E-state index is 12.3. The molecule has 0 aliphatic rings. The van der Waals surface area contributed by atoms with Gasteiger partial charge < -0.3 is 5.73 Å². The average molecular weight is 297 g/mol. The molecule has 1 aromatic heterocycles. The first kappa shape index (κ1) is 15.9. The third-order valence-electron chi connectivity index (χ3n) is 2.56. The molecule has 6 heteroatoms. The summed E-state index contributed by atoms with van der Waals surface area (Å²) in [6.45, 7) is 5.96. The van der Waals surface area contributed by atoms with Gasteiger partial charge in [-0.3, -0.25) is 9.36 Å². The van der Waals surface area contributed by atoms with Crippen LogP contribution in [-0.2, 0) is 0 Å². The van der Waals surface area contributed by atoms with Crippen molar-refractivity contribution in [2.24, 2.45) is 5.73 Å². The molecule has 2 N–H and O–H groups in total. The fourth-order valence-corrected chi connectivity index (χ4v) is 2.53. The molecule has 1 heterocycles. The molecule has 0 amide bonds. The van der Waals surface area contributed by atoms with Gasteiger partial charge in [0.15, 0.2) is 5.16 Å². The molecule has 0 atom stereocenters. The SMILES string of the molecule is C/C=C(\CC)n1c(SCC)nc(/C(S)=C/N)cc1=O. The number of hydrogen-bond donors (Lipinski definition) is 2. The lowest BCUT2D eigenvalue weighted by molar-refractivity contribution is 0.784. The van der Waals surface area contributed by atoms with E-state index in [1.165, 1.54) is 24.0 Å². The van der Waals surface area contributed by atoms with Crippen molar-refractivity contribution in [3.63, 3.8) is 0 Å². The van der Waals surface area contributed by atoms with Crippen LogP contribution in [0.5, 0.6) is 0 Å². The fourth-order valence-electron chi connectivity index (χ4n) is 1.66. The molecule has 0 radical (unpaired) electrons. The van der Waals surface area contributed by atoms with E-state index in [0.717, 1.165) is 17.9 Å². The van der Waals surface area contributed by atoms with Crippen molar-refractivity contribution in [2.45, 2.75) is 32.3 Å². The Morgan fingerprint density at radius 1 is 1.58 bits per heavy atom. The molecule has 104 valence electrons. The summed E-state index contributed by atoms with van der Waals surface area (Å²) >= 11 is 5.74. The van der Waals surface area contributed by atoms with Crippen molar-refractivity contribution in [3.8, 4) is 0 Å². The molecule has 0 aromatic carbocycles. The van der Waals surface area contributed by atoms with Crippen LogP contribution >= 0.6 is 24.4 Å². The highest BCUT2D eigenvalue weighted by Crippen LogP contribution is 2.22. The van der Waals surface area contributed by atoms with Crippen LogP contribution in [0, 0.1) is 0 Å². The summed E-state index contributed by atoms with van der Waals surface area (Å²) in [6, 6.07) is 1.46.